The van der Waals surface area contributed by atoms with E-state index in [0.29, 0.717) is 12.5 Å². The molecule has 1 aromatic rings. The molecule has 0 aliphatic heterocycles. The molecule has 0 amide bonds. The average molecular weight is 251 g/mol. The first kappa shape index (κ1) is 10.1. The van der Waals surface area contributed by atoms with Crippen LogP contribution in [0.4, 0.5) is 0 Å². The summed E-state index contributed by atoms with van der Waals surface area (Å²) in [4.78, 5) is 4.11. The van der Waals surface area contributed by atoms with Crippen molar-refractivity contribution >= 4 is 27.5 Å². The van der Waals surface area contributed by atoms with Crippen LogP contribution in [0.25, 0.3) is 0 Å². The summed E-state index contributed by atoms with van der Waals surface area (Å²) in [6.45, 7) is 5.51. The highest BCUT2D eigenvalue weighted by Crippen LogP contribution is 2.12. The van der Waals surface area contributed by atoms with Gasteiger partial charge in [-0.2, -0.15) is 4.37 Å². The zero-order chi connectivity index (χ0) is 8.97. The fraction of sp³-hybridized carbons (Fsp3) is 0.714. The molecule has 1 aromatic heterocycles. The SMILES string of the molecule is CC(C)COCc1nsc(Br)n1. The number of halogens is 1. The lowest BCUT2D eigenvalue weighted by Gasteiger charge is -2.03. The van der Waals surface area contributed by atoms with E-state index in [1.165, 1.54) is 11.5 Å². The van der Waals surface area contributed by atoms with Crippen molar-refractivity contribution in [3.05, 3.63) is 9.74 Å². The van der Waals surface area contributed by atoms with Crippen LogP contribution in [-0.2, 0) is 11.3 Å². The van der Waals surface area contributed by atoms with Gasteiger partial charge in [-0.15, -0.1) is 0 Å². The quantitative estimate of drug-likeness (QED) is 0.824. The van der Waals surface area contributed by atoms with E-state index in [4.69, 9.17) is 4.74 Å². The summed E-state index contributed by atoms with van der Waals surface area (Å²) in [7, 11) is 0. The molecule has 0 aliphatic carbocycles. The molecule has 0 saturated heterocycles. The first-order valence-electron chi connectivity index (χ1n) is 3.74. The Labute approximate surface area is 84.5 Å². The van der Waals surface area contributed by atoms with Crippen LogP contribution in [-0.4, -0.2) is 16.0 Å². The lowest BCUT2D eigenvalue weighted by atomic mass is 10.2. The van der Waals surface area contributed by atoms with Gasteiger partial charge in [-0.3, -0.25) is 0 Å². The molecule has 3 nitrogen and oxygen atoms in total. The van der Waals surface area contributed by atoms with Crippen LogP contribution in [0.2, 0.25) is 0 Å². The van der Waals surface area contributed by atoms with Gasteiger partial charge in [0.1, 0.15) is 6.61 Å². The molecule has 0 saturated carbocycles. The van der Waals surface area contributed by atoms with Gasteiger partial charge in [-0.05, 0) is 33.4 Å². The molecular weight excluding hydrogens is 240 g/mol. The van der Waals surface area contributed by atoms with Crippen molar-refractivity contribution < 1.29 is 4.74 Å². The van der Waals surface area contributed by atoms with Gasteiger partial charge in [0.05, 0.1) is 0 Å². The topological polar surface area (TPSA) is 35.0 Å². The smallest absolute Gasteiger partial charge is 0.179 e. The lowest BCUT2D eigenvalue weighted by Crippen LogP contribution is -2.02. The Bertz CT molecular complexity index is 239. The predicted octanol–water partition coefficient (Wildman–Crippen LogP) is 2.47. The Balaban J connectivity index is 2.24. The summed E-state index contributed by atoms with van der Waals surface area (Å²) in [6, 6.07) is 0. The van der Waals surface area contributed by atoms with Crippen molar-refractivity contribution in [2.45, 2.75) is 20.5 Å². The maximum atomic E-state index is 5.36. The first-order valence-corrected chi connectivity index (χ1v) is 5.31. The fourth-order valence-corrected chi connectivity index (χ4v) is 1.52. The third-order valence-electron chi connectivity index (χ3n) is 1.13. The predicted molar refractivity (Wildman–Crippen MR) is 52.1 cm³/mol. The van der Waals surface area contributed by atoms with E-state index in [1.807, 2.05) is 0 Å². The van der Waals surface area contributed by atoms with E-state index >= 15 is 0 Å². The van der Waals surface area contributed by atoms with Gasteiger partial charge >= 0.3 is 0 Å². The van der Waals surface area contributed by atoms with E-state index in [1.54, 1.807) is 0 Å². The number of hydrogen-bond donors (Lipinski definition) is 0. The molecule has 0 bridgehead atoms. The zero-order valence-electron chi connectivity index (χ0n) is 7.08. The van der Waals surface area contributed by atoms with E-state index in [9.17, 15) is 0 Å². The molecule has 0 fully saturated rings. The molecule has 12 heavy (non-hydrogen) atoms. The van der Waals surface area contributed by atoms with E-state index in [-0.39, 0.29) is 0 Å². The molecule has 1 rings (SSSR count). The highest BCUT2D eigenvalue weighted by molar-refractivity contribution is 9.11. The van der Waals surface area contributed by atoms with E-state index in [2.05, 4.69) is 39.1 Å². The van der Waals surface area contributed by atoms with E-state index in [0.717, 1.165) is 16.3 Å². The van der Waals surface area contributed by atoms with Crippen LogP contribution < -0.4 is 0 Å². The van der Waals surface area contributed by atoms with Crippen molar-refractivity contribution in [3.8, 4) is 0 Å². The summed E-state index contributed by atoms with van der Waals surface area (Å²) in [6.07, 6.45) is 0. The highest BCUT2D eigenvalue weighted by atomic mass is 79.9. The standard InChI is InChI=1S/C7H11BrN2OS/c1-5(2)3-11-4-6-9-7(8)12-10-6/h5H,3-4H2,1-2H3. The van der Waals surface area contributed by atoms with Gasteiger partial charge in [0.2, 0.25) is 0 Å². The Morgan fingerprint density at radius 2 is 2.33 bits per heavy atom. The maximum absolute atomic E-state index is 5.36. The van der Waals surface area contributed by atoms with Crippen molar-refractivity contribution in [2.75, 3.05) is 6.61 Å². The molecular formula is C7H11BrN2OS. The summed E-state index contributed by atoms with van der Waals surface area (Å²) < 4.78 is 10.2. The molecule has 0 N–H and O–H groups in total. The fourth-order valence-electron chi connectivity index (χ4n) is 0.677. The van der Waals surface area contributed by atoms with Gasteiger partial charge in [0.15, 0.2) is 9.74 Å². The average Bonchev–Trinajstić information content (AvgIpc) is 2.35. The zero-order valence-corrected chi connectivity index (χ0v) is 9.48. The summed E-state index contributed by atoms with van der Waals surface area (Å²) in [5.41, 5.74) is 0. The van der Waals surface area contributed by atoms with E-state index < -0.39 is 0 Å². The van der Waals surface area contributed by atoms with Crippen molar-refractivity contribution in [2.24, 2.45) is 5.92 Å². The van der Waals surface area contributed by atoms with Crippen LogP contribution in [0, 0.1) is 5.92 Å². The second-order valence-electron chi connectivity index (χ2n) is 2.87. The third-order valence-corrected chi connectivity index (χ3v) is 2.28. The minimum Gasteiger partial charge on any atom is -0.373 e. The molecule has 0 unspecified atom stereocenters. The van der Waals surface area contributed by atoms with Crippen LogP contribution in [0.15, 0.2) is 3.92 Å². The summed E-state index contributed by atoms with van der Waals surface area (Å²) in [5, 5.41) is 0. The molecule has 0 atom stereocenters. The van der Waals surface area contributed by atoms with Gasteiger partial charge in [-0.25, -0.2) is 4.98 Å². The Kier molecular flexibility index (Phi) is 4.11. The van der Waals surface area contributed by atoms with Gasteiger partial charge in [-0.1, -0.05) is 13.8 Å². The number of aromatic nitrogens is 2. The monoisotopic (exact) mass is 250 g/mol. The largest absolute Gasteiger partial charge is 0.373 e. The van der Waals surface area contributed by atoms with Crippen molar-refractivity contribution in [1.29, 1.82) is 0 Å². The van der Waals surface area contributed by atoms with Gasteiger partial charge in [0.25, 0.3) is 0 Å². The van der Waals surface area contributed by atoms with Crippen LogP contribution in [0.5, 0.6) is 0 Å². The van der Waals surface area contributed by atoms with Crippen molar-refractivity contribution in [1.82, 2.24) is 9.36 Å². The molecule has 0 aliphatic rings. The molecule has 5 heteroatoms. The second kappa shape index (κ2) is 4.89. The van der Waals surface area contributed by atoms with Gasteiger partial charge in [0, 0.05) is 6.61 Å². The molecule has 0 radical (unpaired) electrons. The van der Waals surface area contributed by atoms with Crippen LogP contribution >= 0.6 is 27.5 Å². The van der Waals surface area contributed by atoms with Crippen LogP contribution in [0.3, 0.4) is 0 Å². The van der Waals surface area contributed by atoms with Crippen molar-refractivity contribution in [3.63, 3.8) is 0 Å². The molecule has 0 spiro atoms. The summed E-state index contributed by atoms with van der Waals surface area (Å²) in [5.74, 6) is 1.32. The Morgan fingerprint density at radius 3 is 2.83 bits per heavy atom. The third kappa shape index (κ3) is 3.60. The normalized spacial score (nSPS) is 11.0. The van der Waals surface area contributed by atoms with Crippen LogP contribution in [0.1, 0.15) is 19.7 Å². The number of hydrogen-bond acceptors (Lipinski definition) is 4. The molecule has 0 aromatic carbocycles. The Hall–Kier alpha value is -0.0000000000000000555. The maximum Gasteiger partial charge on any atom is 0.179 e. The number of rotatable bonds is 4. The number of ether oxygens (including phenoxy) is 1. The minimum absolute atomic E-state index is 0.514. The molecule has 1 heterocycles. The Morgan fingerprint density at radius 1 is 1.58 bits per heavy atom. The summed E-state index contributed by atoms with van der Waals surface area (Å²) >= 11 is 4.58. The second-order valence-corrected chi connectivity index (χ2v) is 4.90. The highest BCUT2D eigenvalue weighted by Gasteiger charge is 2.01. The minimum atomic E-state index is 0.514. The van der Waals surface area contributed by atoms with Gasteiger partial charge < -0.3 is 4.74 Å². The molecule has 68 valence electrons. The first-order chi connectivity index (χ1) is 5.68. The number of nitrogens with zero attached hydrogens (tertiary/aromatic N) is 2. The lowest BCUT2D eigenvalue weighted by molar-refractivity contribution is 0.0929.